The molecule has 0 saturated heterocycles. The largest absolute Gasteiger partial charge is 0.308 e. The van der Waals surface area contributed by atoms with Gasteiger partial charge in [-0.3, -0.25) is 4.68 Å². The zero-order valence-corrected chi connectivity index (χ0v) is 15.2. The zero-order chi connectivity index (χ0) is 17.3. The lowest BCUT2D eigenvalue weighted by molar-refractivity contribution is 0.684. The molecule has 0 radical (unpaired) electrons. The van der Waals surface area contributed by atoms with Crippen molar-refractivity contribution < 1.29 is 0 Å². The van der Waals surface area contributed by atoms with Gasteiger partial charge in [-0.05, 0) is 32.9 Å². The van der Waals surface area contributed by atoms with Crippen LogP contribution in [-0.2, 0) is 20.1 Å². The van der Waals surface area contributed by atoms with E-state index in [9.17, 15) is 0 Å². The summed E-state index contributed by atoms with van der Waals surface area (Å²) in [5.74, 6) is 0. The van der Waals surface area contributed by atoms with Crippen LogP contribution in [-0.4, -0.2) is 19.6 Å². The summed E-state index contributed by atoms with van der Waals surface area (Å²) in [7, 11) is 1.86. The number of nitrogens with zero attached hydrogens (tertiary/aromatic N) is 4. The molecule has 0 aliphatic rings. The molecule has 0 fully saturated rings. The van der Waals surface area contributed by atoms with Crippen LogP contribution in [0.4, 0.5) is 0 Å². The second-order valence-corrected chi connectivity index (χ2v) is 6.34. The first-order valence-electron chi connectivity index (χ1n) is 7.98. The van der Waals surface area contributed by atoms with Gasteiger partial charge in [0, 0.05) is 37.0 Å². The minimum absolute atomic E-state index is 0.688. The van der Waals surface area contributed by atoms with Gasteiger partial charge in [0.05, 0.1) is 17.1 Å². The summed E-state index contributed by atoms with van der Waals surface area (Å²) in [5, 5.41) is 13.2. The third-order valence-electron chi connectivity index (χ3n) is 4.32. The van der Waals surface area contributed by atoms with E-state index in [1.54, 1.807) is 4.68 Å². The summed E-state index contributed by atoms with van der Waals surface area (Å²) < 4.78 is 3.70. The Morgan fingerprint density at radius 1 is 0.958 bits per heavy atom. The van der Waals surface area contributed by atoms with Gasteiger partial charge in [0.2, 0.25) is 0 Å². The fourth-order valence-corrected chi connectivity index (χ4v) is 3.18. The van der Waals surface area contributed by atoms with Gasteiger partial charge in [0.1, 0.15) is 5.15 Å². The standard InChI is InChI=1S/C18H22ClN5/c1-12-16(10-20-11-17-13(2)21-23(4)18(17)19)14(3)24(22-12)15-8-6-5-7-9-15/h5-9,20H,10-11H2,1-4H3. The maximum Gasteiger partial charge on any atom is 0.131 e. The number of halogens is 1. The van der Waals surface area contributed by atoms with Crippen molar-refractivity contribution in [1.82, 2.24) is 24.9 Å². The predicted octanol–water partition coefficient (Wildman–Crippen LogP) is 3.47. The number of hydrogen-bond donors (Lipinski definition) is 1. The summed E-state index contributed by atoms with van der Waals surface area (Å²) in [4.78, 5) is 0. The number of hydrogen-bond acceptors (Lipinski definition) is 3. The molecule has 0 saturated carbocycles. The van der Waals surface area contributed by atoms with Gasteiger partial charge in [-0.2, -0.15) is 10.2 Å². The first-order valence-corrected chi connectivity index (χ1v) is 8.36. The van der Waals surface area contributed by atoms with Crippen molar-refractivity contribution in [1.29, 1.82) is 0 Å². The average Bonchev–Trinajstić information content (AvgIpc) is 2.99. The van der Waals surface area contributed by atoms with Gasteiger partial charge in [0.25, 0.3) is 0 Å². The molecule has 0 bridgehead atoms. The van der Waals surface area contributed by atoms with Crippen LogP contribution < -0.4 is 5.32 Å². The third kappa shape index (κ3) is 3.09. The number of aromatic nitrogens is 4. The van der Waals surface area contributed by atoms with Crippen molar-refractivity contribution in [3.05, 3.63) is 63.7 Å². The fraction of sp³-hybridized carbons (Fsp3) is 0.333. The van der Waals surface area contributed by atoms with Crippen molar-refractivity contribution in [2.24, 2.45) is 7.05 Å². The molecule has 6 heteroatoms. The number of aryl methyl sites for hydroxylation is 3. The van der Waals surface area contributed by atoms with E-state index in [1.165, 1.54) is 5.56 Å². The van der Waals surface area contributed by atoms with E-state index in [-0.39, 0.29) is 0 Å². The van der Waals surface area contributed by atoms with Crippen molar-refractivity contribution >= 4 is 11.6 Å². The monoisotopic (exact) mass is 343 g/mol. The van der Waals surface area contributed by atoms with Crippen LogP contribution in [0.3, 0.4) is 0 Å². The van der Waals surface area contributed by atoms with E-state index >= 15 is 0 Å². The highest BCUT2D eigenvalue weighted by Gasteiger charge is 2.14. The van der Waals surface area contributed by atoms with Crippen LogP contribution in [0.25, 0.3) is 5.69 Å². The van der Waals surface area contributed by atoms with Gasteiger partial charge >= 0.3 is 0 Å². The van der Waals surface area contributed by atoms with Gasteiger partial charge in [-0.25, -0.2) is 4.68 Å². The van der Waals surface area contributed by atoms with E-state index in [2.05, 4.69) is 34.6 Å². The van der Waals surface area contributed by atoms with E-state index in [0.717, 1.165) is 34.9 Å². The zero-order valence-electron chi connectivity index (χ0n) is 14.5. The summed E-state index contributed by atoms with van der Waals surface area (Å²) in [6, 6.07) is 10.2. The highest BCUT2D eigenvalue weighted by Crippen LogP contribution is 2.20. The molecule has 1 aromatic carbocycles. The predicted molar refractivity (Wildman–Crippen MR) is 96.5 cm³/mol. The molecule has 2 aromatic heterocycles. The van der Waals surface area contributed by atoms with Crippen LogP contribution in [0.15, 0.2) is 30.3 Å². The number of rotatable bonds is 5. The Morgan fingerprint density at radius 2 is 1.58 bits per heavy atom. The van der Waals surface area contributed by atoms with Crippen LogP contribution in [0.5, 0.6) is 0 Å². The molecule has 0 unspecified atom stereocenters. The van der Waals surface area contributed by atoms with Crippen LogP contribution in [0.1, 0.15) is 28.2 Å². The second-order valence-electron chi connectivity index (χ2n) is 5.98. The molecule has 0 amide bonds. The normalized spacial score (nSPS) is 11.2. The van der Waals surface area contributed by atoms with Crippen molar-refractivity contribution in [3.8, 4) is 5.69 Å². The molecule has 3 rings (SSSR count). The topological polar surface area (TPSA) is 47.7 Å². The Kier molecular flexibility index (Phi) is 4.73. The van der Waals surface area contributed by atoms with E-state index < -0.39 is 0 Å². The molecule has 126 valence electrons. The maximum atomic E-state index is 6.29. The molecule has 24 heavy (non-hydrogen) atoms. The summed E-state index contributed by atoms with van der Waals surface area (Å²) in [6.45, 7) is 7.56. The Balaban J connectivity index is 1.75. The molecule has 5 nitrogen and oxygen atoms in total. The molecule has 0 aliphatic heterocycles. The molecule has 0 atom stereocenters. The SMILES string of the molecule is Cc1nn(C)c(Cl)c1CNCc1c(C)nn(-c2ccccc2)c1C. The highest BCUT2D eigenvalue weighted by atomic mass is 35.5. The molecule has 1 N–H and O–H groups in total. The second kappa shape index (κ2) is 6.79. The first-order chi connectivity index (χ1) is 11.5. The smallest absolute Gasteiger partial charge is 0.131 e. The van der Waals surface area contributed by atoms with Crippen LogP contribution in [0, 0.1) is 20.8 Å². The molecule has 2 heterocycles. The highest BCUT2D eigenvalue weighted by molar-refractivity contribution is 6.30. The Hall–Kier alpha value is -2.11. The number of nitrogens with one attached hydrogen (secondary N) is 1. The van der Waals surface area contributed by atoms with E-state index in [0.29, 0.717) is 11.7 Å². The Labute approximate surface area is 147 Å². The molecular formula is C18H22ClN5. The number of benzene rings is 1. The fourth-order valence-electron chi connectivity index (χ4n) is 2.94. The third-order valence-corrected chi connectivity index (χ3v) is 4.79. The van der Waals surface area contributed by atoms with Crippen LogP contribution in [0.2, 0.25) is 5.15 Å². The first kappa shape index (κ1) is 16.7. The van der Waals surface area contributed by atoms with Gasteiger partial charge < -0.3 is 5.32 Å². The summed E-state index contributed by atoms with van der Waals surface area (Å²) >= 11 is 6.29. The van der Waals surface area contributed by atoms with Crippen LogP contribution >= 0.6 is 11.6 Å². The molecule has 3 aromatic rings. The van der Waals surface area contributed by atoms with Crippen molar-refractivity contribution in [2.45, 2.75) is 33.9 Å². The minimum atomic E-state index is 0.688. The molecule has 0 aliphatic carbocycles. The lowest BCUT2D eigenvalue weighted by Crippen LogP contribution is -2.14. The summed E-state index contributed by atoms with van der Waals surface area (Å²) in [5.41, 5.74) is 6.50. The number of para-hydroxylation sites is 1. The average molecular weight is 344 g/mol. The van der Waals surface area contributed by atoms with Gasteiger partial charge in [0.15, 0.2) is 0 Å². The lowest BCUT2D eigenvalue weighted by Gasteiger charge is -2.07. The molecule has 0 spiro atoms. The maximum absolute atomic E-state index is 6.29. The van der Waals surface area contributed by atoms with Crippen molar-refractivity contribution in [2.75, 3.05) is 0 Å². The summed E-state index contributed by atoms with van der Waals surface area (Å²) in [6.07, 6.45) is 0. The Bertz CT molecular complexity index is 848. The quantitative estimate of drug-likeness (QED) is 0.771. The van der Waals surface area contributed by atoms with E-state index in [1.807, 2.05) is 43.8 Å². The Morgan fingerprint density at radius 3 is 2.21 bits per heavy atom. The minimum Gasteiger partial charge on any atom is -0.308 e. The van der Waals surface area contributed by atoms with Gasteiger partial charge in [-0.15, -0.1) is 0 Å². The lowest BCUT2D eigenvalue weighted by atomic mass is 10.2. The van der Waals surface area contributed by atoms with Crippen molar-refractivity contribution in [3.63, 3.8) is 0 Å². The van der Waals surface area contributed by atoms with Gasteiger partial charge in [-0.1, -0.05) is 29.8 Å². The molecular weight excluding hydrogens is 322 g/mol. The van der Waals surface area contributed by atoms with E-state index in [4.69, 9.17) is 11.6 Å².